The SMILES string of the molecule is Cc1cc(C(N)Cc2c(C)nn(C)c2Cl)n(C)n1. The Morgan fingerprint density at radius 3 is 2.39 bits per heavy atom. The molecule has 0 aliphatic rings. The molecule has 1 unspecified atom stereocenters. The molecule has 2 heterocycles. The van der Waals surface area contributed by atoms with Crippen molar-refractivity contribution in [2.45, 2.75) is 26.3 Å². The van der Waals surface area contributed by atoms with Gasteiger partial charge in [0, 0.05) is 19.7 Å². The lowest BCUT2D eigenvalue weighted by Crippen LogP contribution is -2.17. The molecule has 0 aliphatic heterocycles. The summed E-state index contributed by atoms with van der Waals surface area (Å²) >= 11 is 6.21. The fraction of sp³-hybridized carbons (Fsp3) is 0.500. The lowest BCUT2D eigenvalue weighted by atomic mass is 10.0. The lowest BCUT2D eigenvalue weighted by Gasteiger charge is -2.11. The molecule has 0 saturated carbocycles. The van der Waals surface area contributed by atoms with Crippen molar-refractivity contribution >= 4 is 11.6 Å². The number of nitrogens with two attached hydrogens (primary N) is 1. The zero-order chi connectivity index (χ0) is 13.4. The van der Waals surface area contributed by atoms with Crippen LogP contribution in [0.2, 0.25) is 5.15 Å². The summed E-state index contributed by atoms with van der Waals surface area (Å²) in [6.07, 6.45) is 0.664. The maximum atomic E-state index is 6.23. The number of aromatic nitrogens is 4. The Labute approximate surface area is 112 Å². The van der Waals surface area contributed by atoms with Crippen molar-refractivity contribution in [1.29, 1.82) is 0 Å². The number of nitrogens with zero attached hydrogens (tertiary/aromatic N) is 4. The van der Waals surface area contributed by atoms with Gasteiger partial charge in [-0.15, -0.1) is 0 Å². The third-order valence-electron chi connectivity index (χ3n) is 3.11. The van der Waals surface area contributed by atoms with Crippen molar-refractivity contribution in [3.63, 3.8) is 0 Å². The quantitative estimate of drug-likeness (QED) is 0.920. The van der Waals surface area contributed by atoms with Crippen LogP contribution in [0.15, 0.2) is 6.07 Å². The zero-order valence-corrected chi connectivity index (χ0v) is 11.9. The lowest BCUT2D eigenvalue weighted by molar-refractivity contribution is 0.614. The summed E-state index contributed by atoms with van der Waals surface area (Å²) in [5, 5.41) is 9.25. The van der Waals surface area contributed by atoms with Gasteiger partial charge in [-0.25, -0.2) is 0 Å². The van der Waals surface area contributed by atoms with Gasteiger partial charge in [0.05, 0.1) is 23.1 Å². The highest BCUT2D eigenvalue weighted by Crippen LogP contribution is 2.24. The molecule has 0 bridgehead atoms. The minimum absolute atomic E-state index is 0.128. The fourth-order valence-corrected chi connectivity index (χ4v) is 2.46. The van der Waals surface area contributed by atoms with Gasteiger partial charge in [-0.05, 0) is 26.3 Å². The summed E-state index contributed by atoms with van der Waals surface area (Å²) in [7, 11) is 3.73. The Morgan fingerprint density at radius 2 is 1.94 bits per heavy atom. The van der Waals surface area contributed by atoms with E-state index < -0.39 is 0 Å². The molecule has 1 atom stereocenters. The van der Waals surface area contributed by atoms with Crippen LogP contribution in [0.3, 0.4) is 0 Å². The van der Waals surface area contributed by atoms with Gasteiger partial charge >= 0.3 is 0 Å². The highest BCUT2D eigenvalue weighted by atomic mass is 35.5. The monoisotopic (exact) mass is 267 g/mol. The van der Waals surface area contributed by atoms with Gasteiger partial charge in [0.1, 0.15) is 5.15 Å². The molecule has 0 aliphatic carbocycles. The molecule has 2 rings (SSSR count). The maximum absolute atomic E-state index is 6.23. The van der Waals surface area contributed by atoms with Gasteiger partial charge in [-0.1, -0.05) is 11.6 Å². The first-order valence-electron chi connectivity index (χ1n) is 5.84. The van der Waals surface area contributed by atoms with Crippen molar-refractivity contribution in [3.05, 3.63) is 33.9 Å². The maximum Gasteiger partial charge on any atom is 0.130 e. The molecule has 98 valence electrons. The summed E-state index contributed by atoms with van der Waals surface area (Å²) in [6.45, 7) is 3.90. The molecule has 6 heteroatoms. The summed E-state index contributed by atoms with van der Waals surface area (Å²) in [5.41, 5.74) is 10.1. The summed E-state index contributed by atoms with van der Waals surface area (Å²) in [4.78, 5) is 0. The molecule has 5 nitrogen and oxygen atoms in total. The van der Waals surface area contributed by atoms with Gasteiger partial charge in [0.2, 0.25) is 0 Å². The summed E-state index contributed by atoms with van der Waals surface area (Å²) in [6, 6.07) is 1.88. The van der Waals surface area contributed by atoms with Crippen LogP contribution in [0.25, 0.3) is 0 Å². The molecule has 0 amide bonds. The van der Waals surface area contributed by atoms with Gasteiger partial charge in [-0.3, -0.25) is 9.36 Å². The van der Waals surface area contributed by atoms with E-state index >= 15 is 0 Å². The second kappa shape index (κ2) is 4.74. The predicted octanol–water partition coefficient (Wildman–Crippen LogP) is 1.67. The van der Waals surface area contributed by atoms with Crippen LogP contribution in [-0.4, -0.2) is 19.6 Å². The second-order valence-corrected chi connectivity index (χ2v) is 4.98. The summed E-state index contributed by atoms with van der Waals surface area (Å²) < 4.78 is 3.49. The van der Waals surface area contributed by atoms with Crippen LogP contribution in [0.5, 0.6) is 0 Å². The molecular formula is C12H18ClN5. The van der Waals surface area contributed by atoms with E-state index in [-0.39, 0.29) is 6.04 Å². The molecule has 18 heavy (non-hydrogen) atoms. The molecule has 2 aromatic heterocycles. The van der Waals surface area contributed by atoms with E-state index in [1.165, 1.54) is 0 Å². The van der Waals surface area contributed by atoms with Crippen LogP contribution < -0.4 is 5.73 Å². The number of aryl methyl sites for hydroxylation is 4. The third kappa shape index (κ3) is 2.28. The molecule has 0 spiro atoms. The van der Waals surface area contributed by atoms with E-state index in [9.17, 15) is 0 Å². The van der Waals surface area contributed by atoms with E-state index in [0.717, 1.165) is 22.6 Å². The average molecular weight is 268 g/mol. The second-order valence-electron chi connectivity index (χ2n) is 4.62. The van der Waals surface area contributed by atoms with Crippen molar-refractivity contribution < 1.29 is 0 Å². The smallest absolute Gasteiger partial charge is 0.130 e. The van der Waals surface area contributed by atoms with Gasteiger partial charge in [-0.2, -0.15) is 10.2 Å². The molecule has 0 aromatic carbocycles. The molecule has 0 fully saturated rings. The van der Waals surface area contributed by atoms with E-state index in [0.29, 0.717) is 11.6 Å². The molecular weight excluding hydrogens is 250 g/mol. The van der Waals surface area contributed by atoms with Gasteiger partial charge in [0.15, 0.2) is 0 Å². The number of hydrogen-bond acceptors (Lipinski definition) is 3. The van der Waals surface area contributed by atoms with Gasteiger partial charge < -0.3 is 5.73 Å². The fourth-order valence-electron chi connectivity index (χ4n) is 2.21. The van der Waals surface area contributed by atoms with Crippen LogP contribution in [-0.2, 0) is 20.5 Å². The Kier molecular flexibility index (Phi) is 3.45. The van der Waals surface area contributed by atoms with E-state index in [1.54, 1.807) is 4.68 Å². The van der Waals surface area contributed by atoms with Crippen molar-refractivity contribution in [2.24, 2.45) is 19.8 Å². The minimum atomic E-state index is -0.128. The van der Waals surface area contributed by atoms with Gasteiger partial charge in [0.25, 0.3) is 0 Å². The first kappa shape index (κ1) is 13.1. The average Bonchev–Trinajstić information content (AvgIpc) is 2.73. The third-order valence-corrected chi connectivity index (χ3v) is 3.58. The topological polar surface area (TPSA) is 61.7 Å². The number of halogens is 1. The van der Waals surface area contributed by atoms with Crippen LogP contribution >= 0.6 is 11.6 Å². The molecule has 0 saturated heterocycles. The largest absolute Gasteiger partial charge is 0.322 e. The Hall–Kier alpha value is -1.33. The van der Waals surface area contributed by atoms with E-state index in [1.807, 2.05) is 38.7 Å². The van der Waals surface area contributed by atoms with Crippen molar-refractivity contribution in [3.8, 4) is 0 Å². The number of hydrogen-bond donors (Lipinski definition) is 1. The van der Waals surface area contributed by atoms with Crippen LogP contribution in [0, 0.1) is 13.8 Å². The standard InChI is InChI=1S/C12H18ClN5/c1-7-5-11(17(3)15-7)10(14)6-9-8(2)16-18(4)12(9)13/h5,10H,6,14H2,1-4H3. The Morgan fingerprint density at radius 1 is 1.28 bits per heavy atom. The predicted molar refractivity (Wildman–Crippen MR) is 71.5 cm³/mol. The zero-order valence-electron chi connectivity index (χ0n) is 11.1. The van der Waals surface area contributed by atoms with Crippen LogP contribution in [0.1, 0.15) is 28.7 Å². The Bertz CT molecular complexity index is 569. The van der Waals surface area contributed by atoms with E-state index in [4.69, 9.17) is 17.3 Å². The first-order valence-corrected chi connectivity index (χ1v) is 6.22. The minimum Gasteiger partial charge on any atom is -0.322 e. The summed E-state index contributed by atoms with van der Waals surface area (Å²) in [5.74, 6) is 0. The van der Waals surface area contributed by atoms with E-state index in [2.05, 4.69) is 10.2 Å². The van der Waals surface area contributed by atoms with Crippen molar-refractivity contribution in [1.82, 2.24) is 19.6 Å². The Balaban J connectivity index is 2.26. The van der Waals surface area contributed by atoms with Crippen LogP contribution in [0.4, 0.5) is 0 Å². The first-order chi connectivity index (χ1) is 8.40. The highest BCUT2D eigenvalue weighted by molar-refractivity contribution is 6.30. The molecule has 2 N–H and O–H groups in total. The number of rotatable bonds is 3. The normalized spacial score (nSPS) is 13.0. The molecule has 0 radical (unpaired) electrons. The highest BCUT2D eigenvalue weighted by Gasteiger charge is 2.18. The van der Waals surface area contributed by atoms with Crippen molar-refractivity contribution in [2.75, 3.05) is 0 Å². The molecule has 2 aromatic rings.